The summed E-state index contributed by atoms with van der Waals surface area (Å²) in [6.45, 7) is 14.0. The Bertz CT molecular complexity index is 1900. The summed E-state index contributed by atoms with van der Waals surface area (Å²) in [6.07, 6.45) is 8.21. The van der Waals surface area contributed by atoms with E-state index in [4.69, 9.17) is 9.47 Å². The average molecular weight is 769 g/mol. The molecule has 1 amide bonds. The summed E-state index contributed by atoms with van der Waals surface area (Å²) >= 11 is -1.26. The van der Waals surface area contributed by atoms with Gasteiger partial charge in [-0.1, -0.05) is 52.3 Å². The van der Waals surface area contributed by atoms with Crippen LogP contribution in [-0.4, -0.2) is 64.0 Å². The first-order valence-corrected chi connectivity index (χ1v) is 20.7. The number of nitrogens with one attached hydrogen (secondary N) is 1. The number of carbonyl (C=O) groups excluding carboxylic acids is 1. The van der Waals surface area contributed by atoms with Crippen molar-refractivity contribution in [3.8, 4) is 16.9 Å². The number of hydrogen-bond donors (Lipinski definition) is 2. The number of carboxylic acid groups (broad SMARTS) is 1. The summed E-state index contributed by atoms with van der Waals surface area (Å²) in [4.78, 5) is 32.9. The van der Waals surface area contributed by atoms with Gasteiger partial charge in [0, 0.05) is 43.2 Å². The molecule has 55 heavy (non-hydrogen) atoms. The quantitative estimate of drug-likeness (QED) is 0.0715. The van der Waals surface area contributed by atoms with Gasteiger partial charge in [0.05, 0.1) is 30.7 Å². The van der Waals surface area contributed by atoms with Gasteiger partial charge in [-0.25, -0.2) is 4.98 Å². The lowest BCUT2D eigenvalue weighted by Crippen LogP contribution is -2.37. The highest BCUT2D eigenvalue weighted by atomic mass is 32.2. The number of aryl methyl sites for hydroxylation is 2. The van der Waals surface area contributed by atoms with Crippen LogP contribution in [0.2, 0.25) is 0 Å². The number of carbonyl (C=O) groups is 2. The number of unbranched alkanes of at least 4 members (excludes halogenated alkanes) is 1. The van der Waals surface area contributed by atoms with Crippen molar-refractivity contribution in [2.75, 3.05) is 43.1 Å². The zero-order chi connectivity index (χ0) is 39.4. The second-order valence-electron chi connectivity index (χ2n) is 15.0. The largest absolute Gasteiger partial charge is 0.611 e. The molecule has 2 N–H and O–H groups in total. The lowest BCUT2D eigenvalue weighted by Gasteiger charge is -2.35. The fourth-order valence-electron chi connectivity index (χ4n) is 6.85. The number of aromatic nitrogens is 2. The molecule has 0 saturated heterocycles. The predicted octanol–water partition coefficient (Wildman–Crippen LogP) is 8.90. The Morgan fingerprint density at radius 1 is 0.982 bits per heavy atom. The summed E-state index contributed by atoms with van der Waals surface area (Å²) < 4.78 is 26.9. The van der Waals surface area contributed by atoms with Gasteiger partial charge in [0.25, 0.3) is 5.91 Å². The molecule has 11 heteroatoms. The van der Waals surface area contributed by atoms with Crippen molar-refractivity contribution in [1.29, 1.82) is 0 Å². The lowest BCUT2D eigenvalue weighted by molar-refractivity contribution is -0.139. The number of hydrogen-bond acceptors (Lipinski definition) is 7. The fourth-order valence-corrected chi connectivity index (χ4v) is 8.08. The molecular weight excluding hydrogens is 713 g/mol. The maximum Gasteiger partial charge on any atom is 0.303 e. The zero-order valence-corrected chi connectivity index (χ0v) is 33.8. The van der Waals surface area contributed by atoms with E-state index in [1.807, 2.05) is 69.6 Å². The van der Waals surface area contributed by atoms with Crippen molar-refractivity contribution in [3.05, 3.63) is 95.6 Å². The van der Waals surface area contributed by atoms with Crippen LogP contribution in [0.4, 0.5) is 11.4 Å². The Morgan fingerprint density at radius 3 is 2.44 bits per heavy atom. The molecule has 2 heterocycles. The van der Waals surface area contributed by atoms with Gasteiger partial charge in [0.2, 0.25) is 0 Å². The number of ether oxygens (including phenoxy) is 2. The molecule has 1 aliphatic heterocycles. The van der Waals surface area contributed by atoms with E-state index in [1.165, 1.54) is 0 Å². The van der Waals surface area contributed by atoms with Gasteiger partial charge in [-0.15, -0.1) is 0 Å². The van der Waals surface area contributed by atoms with E-state index < -0.39 is 22.6 Å². The van der Waals surface area contributed by atoms with Gasteiger partial charge < -0.3 is 33.9 Å². The summed E-state index contributed by atoms with van der Waals surface area (Å²) in [7, 11) is 0. The second kappa shape index (κ2) is 19.8. The van der Waals surface area contributed by atoms with Crippen LogP contribution in [0, 0.1) is 12.3 Å². The molecule has 10 nitrogen and oxygen atoms in total. The Hall–Kier alpha value is -4.58. The number of benzene rings is 3. The molecule has 4 aromatic rings. The van der Waals surface area contributed by atoms with Crippen molar-refractivity contribution >= 4 is 40.5 Å². The standard InChI is InChI=1S/C44H56N4O6S/c1-6-8-23-53-24-25-54-38-16-11-33(12-17-38)34-13-20-40-36(26-34)27-35(10-9-22-47(40)30-44(4,5)28-42(49)50)43(51)46-37-14-18-39(19-15-37)55(52)29-41-32(3)45-31-48(41)21-7-2/h11-20,26-27,31H,6-10,21-25,28-30H2,1-5H3,(H,46,51)(H,49,50)/b35-27+/t55-/m0/s1. The van der Waals surface area contributed by atoms with Crippen molar-refractivity contribution in [3.63, 3.8) is 0 Å². The van der Waals surface area contributed by atoms with E-state index in [0.717, 1.165) is 78.4 Å². The van der Waals surface area contributed by atoms with E-state index in [1.54, 1.807) is 12.1 Å². The predicted molar refractivity (Wildman–Crippen MR) is 221 cm³/mol. The number of nitrogens with zero attached hydrogens (tertiary/aromatic N) is 3. The van der Waals surface area contributed by atoms with Crippen LogP contribution in [-0.2, 0) is 37.8 Å². The van der Waals surface area contributed by atoms with E-state index in [-0.39, 0.29) is 12.3 Å². The monoisotopic (exact) mass is 768 g/mol. The number of aliphatic carboxylic acids is 1. The molecule has 1 aliphatic rings. The molecule has 1 aromatic heterocycles. The number of fused-ring (bicyclic) bond motifs is 1. The smallest absolute Gasteiger partial charge is 0.303 e. The van der Waals surface area contributed by atoms with E-state index >= 15 is 0 Å². The van der Waals surface area contributed by atoms with Crippen LogP contribution in [0.1, 0.15) is 83.2 Å². The maximum atomic E-state index is 13.8. The van der Waals surface area contributed by atoms with Crippen molar-refractivity contribution in [2.45, 2.75) is 90.3 Å². The molecular formula is C44H56N4O6S. The first-order chi connectivity index (χ1) is 26.5. The average Bonchev–Trinajstić information content (AvgIpc) is 3.48. The summed E-state index contributed by atoms with van der Waals surface area (Å²) in [5.41, 5.74) is 6.53. The molecule has 0 fully saturated rings. The third-order valence-corrected chi connectivity index (χ3v) is 11.0. The third-order valence-electron chi connectivity index (χ3n) is 9.70. The van der Waals surface area contributed by atoms with Crippen LogP contribution < -0.4 is 15.0 Å². The van der Waals surface area contributed by atoms with Crippen LogP contribution >= 0.6 is 0 Å². The van der Waals surface area contributed by atoms with Gasteiger partial charge in [-0.05, 0) is 120 Å². The van der Waals surface area contributed by atoms with Crippen molar-refractivity contribution < 1.29 is 28.7 Å². The van der Waals surface area contributed by atoms with Gasteiger partial charge >= 0.3 is 5.97 Å². The summed E-state index contributed by atoms with van der Waals surface area (Å²) in [5.74, 6) is 0.137. The molecule has 5 rings (SSSR count). The third kappa shape index (κ3) is 12.0. The molecule has 294 valence electrons. The first-order valence-electron chi connectivity index (χ1n) is 19.4. The Labute approximate surface area is 329 Å². The molecule has 3 aromatic carbocycles. The SMILES string of the molecule is CCCCOCCOc1ccc(-c2ccc3c(c2)/C=C(/C(=O)Nc2ccc([S@@+]([O-])Cc4c(C)ncn4CCC)cc2)CCCN3CC(C)(C)CC(=O)O)cc1. The van der Waals surface area contributed by atoms with Crippen LogP contribution in [0.5, 0.6) is 5.75 Å². The number of rotatable bonds is 19. The Balaban J connectivity index is 1.35. The minimum absolute atomic E-state index is 0.0509. The summed E-state index contributed by atoms with van der Waals surface area (Å²) in [6, 6.07) is 21.4. The normalized spacial score (nSPS) is 14.7. The van der Waals surface area contributed by atoms with Crippen LogP contribution in [0.15, 0.2) is 83.5 Å². The van der Waals surface area contributed by atoms with Crippen molar-refractivity contribution in [2.24, 2.45) is 5.41 Å². The highest BCUT2D eigenvalue weighted by molar-refractivity contribution is 7.90. The Kier molecular flexibility index (Phi) is 15.0. The molecule has 0 unspecified atom stereocenters. The molecule has 0 spiro atoms. The number of carboxylic acids is 1. The second-order valence-corrected chi connectivity index (χ2v) is 16.4. The Morgan fingerprint density at radius 2 is 1.73 bits per heavy atom. The lowest BCUT2D eigenvalue weighted by atomic mass is 9.87. The van der Waals surface area contributed by atoms with Gasteiger partial charge in [-0.3, -0.25) is 9.59 Å². The van der Waals surface area contributed by atoms with Crippen LogP contribution in [0.25, 0.3) is 17.2 Å². The van der Waals surface area contributed by atoms with Crippen LogP contribution in [0.3, 0.4) is 0 Å². The minimum atomic E-state index is -1.26. The number of anilines is 2. The van der Waals surface area contributed by atoms with Gasteiger partial charge in [0.1, 0.15) is 12.4 Å². The zero-order valence-electron chi connectivity index (χ0n) is 32.9. The van der Waals surface area contributed by atoms with E-state index in [2.05, 4.69) is 51.8 Å². The van der Waals surface area contributed by atoms with Gasteiger partial charge in [0.15, 0.2) is 10.6 Å². The molecule has 0 radical (unpaired) electrons. The topological polar surface area (TPSA) is 129 Å². The van der Waals surface area contributed by atoms with E-state index in [9.17, 15) is 19.2 Å². The number of amides is 1. The molecule has 0 aliphatic carbocycles. The molecule has 0 bridgehead atoms. The first kappa shape index (κ1) is 41.6. The number of imidazole rings is 1. The summed E-state index contributed by atoms with van der Waals surface area (Å²) in [5, 5.41) is 12.7. The fraction of sp³-hybridized carbons (Fsp3) is 0.432. The highest BCUT2D eigenvalue weighted by Crippen LogP contribution is 2.35. The van der Waals surface area contributed by atoms with Crippen molar-refractivity contribution in [1.82, 2.24) is 9.55 Å². The van der Waals surface area contributed by atoms with Gasteiger partial charge in [-0.2, -0.15) is 0 Å². The minimum Gasteiger partial charge on any atom is -0.611 e. The maximum absolute atomic E-state index is 13.8. The highest BCUT2D eigenvalue weighted by Gasteiger charge is 2.28. The molecule has 1 atom stereocenters. The van der Waals surface area contributed by atoms with E-state index in [0.29, 0.717) is 54.6 Å². The molecule has 0 saturated carbocycles.